The fourth-order valence-electron chi connectivity index (χ4n) is 5.89. The summed E-state index contributed by atoms with van der Waals surface area (Å²) < 4.78 is 34.3. The molecule has 56 heavy (non-hydrogen) atoms. The molecule has 0 aromatic rings. The number of carbonyl (C=O) groups excluding carboxylic acids is 2. The van der Waals surface area contributed by atoms with Crippen molar-refractivity contribution in [3.63, 3.8) is 0 Å². The average molecular weight is 811 g/mol. The highest BCUT2D eigenvalue weighted by Crippen LogP contribution is 2.43. The van der Waals surface area contributed by atoms with Gasteiger partial charge in [-0.05, 0) is 51.4 Å². The van der Waals surface area contributed by atoms with Crippen molar-refractivity contribution in [2.75, 3.05) is 47.5 Å². The summed E-state index contributed by atoms with van der Waals surface area (Å²) in [5, 5.41) is 0. The van der Waals surface area contributed by atoms with Crippen molar-refractivity contribution in [2.45, 2.75) is 187 Å². The summed E-state index contributed by atoms with van der Waals surface area (Å²) in [6, 6.07) is 0. The summed E-state index contributed by atoms with van der Waals surface area (Å²) in [4.78, 5) is 35.4. The molecule has 0 radical (unpaired) electrons. The summed E-state index contributed by atoms with van der Waals surface area (Å²) in [7, 11) is 1.45. The van der Waals surface area contributed by atoms with E-state index in [1.54, 1.807) is 0 Å². The molecular weight excluding hydrogens is 725 g/mol. The van der Waals surface area contributed by atoms with E-state index in [9.17, 15) is 19.0 Å². The van der Waals surface area contributed by atoms with Crippen LogP contribution in [0.3, 0.4) is 0 Å². The lowest BCUT2D eigenvalue weighted by Crippen LogP contribution is -2.37. The van der Waals surface area contributed by atoms with Crippen LogP contribution < -0.4 is 0 Å². The van der Waals surface area contributed by atoms with E-state index in [2.05, 4.69) is 62.5 Å². The van der Waals surface area contributed by atoms with E-state index < -0.39 is 26.5 Å². The molecule has 0 rings (SSSR count). The van der Waals surface area contributed by atoms with E-state index in [-0.39, 0.29) is 32.0 Å². The Balaban J connectivity index is 4.39. The molecule has 0 saturated carbocycles. The average Bonchev–Trinajstić information content (AvgIpc) is 3.15. The molecule has 2 atom stereocenters. The SMILES string of the molecule is CC/C=C/C/C=C/C/C=C/C/C=C/CCCCC(=O)O[C@H](COC(=O)CCCCCCCCCCCCCCCCCCC)COP(=O)(O)OCC[N+](C)(C)C. The highest BCUT2D eigenvalue weighted by molar-refractivity contribution is 7.47. The number of phosphoric acid groups is 1. The molecule has 0 spiro atoms. The first-order chi connectivity index (χ1) is 27.0. The highest BCUT2D eigenvalue weighted by Gasteiger charge is 2.27. The Morgan fingerprint density at radius 2 is 1.02 bits per heavy atom. The monoisotopic (exact) mass is 811 g/mol. The number of ether oxygens (including phenoxy) is 2. The second-order valence-electron chi connectivity index (χ2n) is 16.1. The van der Waals surface area contributed by atoms with Gasteiger partial charge in [-0.2, -0.15) is 0 Å². The molecule has 0 aromatic carbocycles. The number of hydrogen-bond acceptors (Lipinski definition) is 7. The number of carbonyl (C=O) groups is 2. The third-order valence-electron chi connectivity index (χ3n) is 9.37. The Labute approximate surface area is 343 Å². The predicted molar refractivity (Wildman–Crippen MR) is 233 cm³/mol. The van der Waals surface area contributed by atoms with Gasteiger partial charge < -0.3 is 18.9 Å². The first-order valence-corrected chi connectivity index (χ1v) is 23.9. The quantitative estimate of drug-likeness (QED) is 0.0214. The number of unbranched alkanes of at least 4 members (excludes halogenated alkanes) is 18. The number of rotatable bonds is 40. The van der Waals surface area contributed by atoms with Gasteiger partial charge in [0.25, 0.3) is 0 Å². The van der Waals surface area contributed by atoms with Gasteiger partial charge in [-0.3, -0.25) is 18.6 Å². The van der Waals surface area contributed by atoms with Crippen LogP contribution in [0.5, 0.6) is 0 Å². The minimum atomic E-state index is -4.39. The van der Waals surface area contributed by atoms with Gasteiger partial charge in [-0.15, -0.1) is 0 Å². The van der Waals surface area contributed by atoms with E-state index in [0.717, 1.165) is 57.8 Å². The number of likely N-dealkylation sites (N-methyl/N-ethyl adjacent to an activating group) is 1. The second kappa shape index (κ2) is 38.5. The van der Waals surface area contributed by atoms with Crippen molar-refractivity contribution in [3.05, 3.63) is 48.6 Å². The number of esters is 2. The van der Waals surface area contributed by atoms with Crippen LogP contribution in [0, 0.1) is 0 Å². The van der Waals surface area contributed by atoms with Crippen molar-refractivity contribution in [2.24, 2.45) is 0 Å². The zero-order chi connectivity index (χ0) is 41.4. The lowest BCUT2D eigenvalue weighted by Gasteiger charge is -2.24. The van der Waals surface area contributed by atoms with E-state index in [0.29, 0.717) is 17.4 Å². The molecule has 0 aliphatic heterocycles. The first kappa shape index (κ1) is 54.0. The van der Waals surface area contributed by atoms with Crippen molar-refractivity contribution in [3.8, 4) is 0 Å². The number of hydrogen-bond donors (Lipinski definition) is 1. The van der Waals surface area contributed by atoms with Crippen molar-refractivity contribution < 1.29 is 42.1 Å². The second-order valence-corrected chi connectivity index (χ2v) is 17.5. The summed E-state index contributed by atoms with van der Waals surface area (Å²) in [6.07, 6.45) is 44.5. The largest absolute Gasteiger partial charge is 0.472 e. The van der Waals surface area contributed by atoms with E-state index in [1.165, 1.54) is 89.9 Å². The standard InChI is InChI=1S/C46H84NO8P/c1-6-8-10-12-14-16-18-20-22-23-25-26-28-30-32-34-36-38-45(48)52-42-44(43-54-56(50,51)53-41-40-47(3,4)5)55-46(49)39-37-35-33-31-29-27-24-21-19-17-15-13-11-9-7-2/h9,11,15,17,21,24,29,31,44H,6-8,10,12-14,16,18-20,22-23,25-28,30,32-43H2,1-5H3/p+1/b11-9+,17-15+,24-21+,31-29+/t44-/m1/s1. The van der Waals surface area contributed by atoms with Crippen LogP contribution in [-0.4, -0.2) is 74.9 Å². The lowest BCUT2D eigenvalue weighted by atomic mass is 10.0. The summed E-state index contributed by atoms with van der Waals surface area (Å²) >= 11 is 0. The van der Waals surface area contributed by atoms with Gasteiger partial charge in [0.2, 0.25) is 0 Å². The first-order valence-electron chi connectivity index (χ1n) is 22.4. The number of allylic oxidation sites excluding steroid dienone is 8. The molecular formula is C46H85NO8P+. The van der Waals surface area contributed by atoms with Crippen molar-refractivity contribution in [1.82, 2.24) is 0 Å². The van der Waals surface area contributed by atoms with Crippen LogP contribution in [0.25, 0.3) is 0 Å². The van der Waals surface area contributed by atoms with Crippen LogP contribution in [0.15, 0.2) is 48.6 Å². The zero-order valence-corrected chi connectivity index (χ0v) is 37.5. The normalized spacial score (nSPS) is 14.0. The lowest BCUT2D eigenvalue weighted by molar-refractivity contribution is -0.870. The fraction of sp³-hybridized carbons (Fsp3) is 0.783. The van der Waals surface area contributed by atoms with Crippen LogP contribution >= 0.6 is 7.82 Å². The zero-order valence-electron chi connectivity index (χ0n) is 36.6. The predicted octanol–water partition coefficient (Wildman–Crippen LogP) is 12.7. The third-order valence-corrected chi connectivity index (χ3v) is 10.4. The molecule has 9 nitrogen and oxygen atoms in total. The smallest absolute Gasteiger partial charge is 0.462 e. The minimum Gasteiger partial charge on any atom is -0.462 e. The van der Waals surface area contributed by atoms with Gasteiger partial charge in [0.05, 0.1) is 27.7 Å². The molecule has 0 heterocycles. The molecule has 10 heteroatoms. The molecule has 0 fully saturated rings. The maximum atomic E-state index is 12.7. The van der Waals surface area contributed by atoms with Gasteiger partial charge in [0, 0.05) is 12.8 Å². The third kappa shape index (κ3) is 41.6. The summed E-state index contributed by atoms with van der Waals surface area (Å²) in [5.41, 5.74) is 0. The molecule has 0 aromatic heterocycles. The van der Waals surface area contributed by atoms with Crippen LogP contribution in [0.1, 0.15) is 181 Å². The van der Waals surface area contributed by atoms with Crippen LogP contribution in [0.2, 0.25) is 0 Å². The number of quaternary nitrogens is 1. The van der Waals surface area contributed by atoms with E-state index in [1.807, 2.05) is 21.1 Å². The molecule has 1 unspecified atom stereocenters. The van der Waals surface area contributed by atoms with Gasteiger partial charge in [0.15, 0.2) is 6.10 Å². The topological polar surface area (TPSA) is 108 Å². The molecule has 0 amide bonds. The van der Waals surface area contributed by atoms with E-state index >= 15 is 0 Å². The summed E-state index contributed by atoms with van der Waals surface area (Å²) in [6.45, 7) is 4.26. The van der Waals surface area contributed by atoms with Crippen LogP contribution in [0.4, 0.5) is 0 Å². The molecule has 0 bridgehead atoms. The maximum Gasteiger partial charge on any atom is 0.472 e. The van der Waals surface area contributed by atoms with Crippen molar-refractivity contribution in [1.29, 1.82) is 0 Å². The Morgan fingerprint density at radius 3 is 1.52 bits per heavy atom. The number of nitrogens with zero attached hydrogens (tertiary/aromatic N) is 1. The number of phosphoric ester groups is 1. The Kier molecular flexibility index (Phi) is 37.1. The van der Waals surface area contributed by atoms with Gasteiger partial charge in [-0.1, -0.05) is 165 Å². The van der Waals surface area contributed by atoms with Crippen molar-refractivity contribution >= 4 is 19.8 Å². The Bertz CT molecular complexity index is 1100. The molecule has 0 aliphatic carbocycles. The maximum absolute atomic E-state index is 12.7. The minimum absolute atomic E-state index is 0.0232. The van der Waals surface area contributed by atoms with Gasteiger partial charge >= 0.3 is 19.8 Å². The Morgan fingerprint density at radius 1 is 0.571 bits per heavy atom. The molecule has 0 aliphatic rings. The van der Waals surface area contributed by atoms with Crippen LogP contribution in [-0.2, 0) is 32.7 Å². The highest BCUT2D eigenvalue weighted by atomic mass is 31.2. The van der Waals surface area contributed by atoms with Gasteiger partial charge in [0.1, 0.15) is 19.8 Å². The molecule has 1 N–H and O–H groups in total. The fourth-order valence-corrected chi connectivity index (χ4v) is 6.63. The Hall–Kier alpha value is -2.03. The van der Waals surface area contributed by atoms with E-state index in [4.69, 9.17) is 18.5 Å². The molecule has 326 valence electrons. The van der Waals surface area contributed by atoms with Gasteiger partial charge in [-0.25, -0.2) is 4.57 Å². The molecule has 0 saturated heterocycles. The summed E-state index contributed by atoms with van der Waals surface area (Å²) in [5.74, 6) is -0.844.